The van der Waals surface area contributed by atoms with E-state index in [0.29, 0.717) is 12.1 Å². The van der Waals surface area contributed by atoms with Crippen LogP contribution in [0.25, 0.3) is 21.8 Å². The second kappa shape index (κ2) is 6.59. The number of methoxy groups -OCH3 is 1. The molecule has 5 nitrogen and oxygen atoms in total. The third-order valence-electron chi connectivity index (χ3n) is 4.80. The van der Waals surface area contributed by atoms with Gasteiger partial charge in [-0.05, 0) is 53.8 Å². The van der Waals surface area contributed by atoms with E-state index in [9.17, 15) is 4.79 Å². The number of benzene rings is 2. The highest BCUT2D eigenvalue weighted by Crippen LogP contribution is 2.23. The van der Waals surface area contributed by atoms with Gasteiger partial charge in [-0.1, -0.05) is 6.07 Å². The smallest absolute Gasteiger partial charge is 0.251 e. The van der Waals surface area contributed by atoms with Crippen LogP contribution in [-0.2, 0) is 13.5 Å². The molecule has 0 unspecified atom stereocenters. The van der Waals surface area contributed by atoms with E-state index in [1.165, 1.54) is 0 Å². The Hall–Kier alpha value is -3.21. The second-order valence-corrected chi connectivity index (χ2v) is 6.43. The van der Waals surface area contributed by atoms with Crippen molar-refractivity contribution in [2.45, 2.75) is 6.42 Å². The average molecular weight is 347 g/mol. The summed E-state index contributed by atoms with van der Waals surface area (Å²) in [6, 6.07) is 13.8. The molecule has 0 bridgehead atoms. The predicted molar refractivity (Wildman–Crippen MR) is 104 cm³/mol. The molecule has 2 N–H and O–H groups in total. The third-order valence-corrected chi connectivity index (χ3v) is 4.80. The summed E-state index contributed by atoms with van der Waals surface area (Å²) in [7, 11) is 3.65. The third kappa shape index (κ3) is 2.92. The number of amides is 1. The van der Waals surface area contributed by atoms with Gasteiger partial charge in [-0.3, -0.25) is 4.79 Å². The van der Waals surface area contributed by atoms with Crippen molar-refractivity contribution in [3.05, 3.63) is 66.0 Å². The van der Waals surface area contributed by atoms with Crippen LogP contribution in [0.2, 0.25) is 0 Å². The molecule has 26 heavy (non-hydrogen) atoms. The Morgan fingerprint density at radius 1 is 1.19 bits per heavy atom. The molecule has 2 aromatic heterocycles. The molecule has 0 radical (unpaired) electrons. The molecule has 132 valence electrons. The minimum Gasteiger partial charge on any atom is -0.497 e. The van der Waals surface area contributed by atoms with Crippen LogP contribution in [0.3, 0.4) is 0 Å². The van der Waals surface area contributed by atoms with E-state index in [0.717, 1.165) is 39.5 Å². The molecular formula is C21H21N3O2. The number of hydrogen-bond donors (Lipinski definition) is 2. The lowest BCUT2D eigenvalue weighted by molar-refractivity contribution is 0.0954. The van der Waals surface area contributed by atoms with Crippen LogP contribution in [0.4, 0.5) is 0 Å². The van der Waals surface area contributed by atoms with Gasteiger partial charge in [-0.15, -0.1) is 0 Å². The number of H-pyrrole nitrogens is 1. The summed E-state index contributed by atoms with van der Waals surface area (Å²) in [6.45, 7) is 0.578. The molecule has 0 aliphatic carbocycles. The number of fused-ring (bicyclic) bond motifs is 2. The number of rotatable bonds is 5. The molecule has 0 atom stereocenters. The van der Waals surface area contributed by atoms with Gasteiger partial charge in [0.15, 0.2) is 0 Å². The van der Waals surface area contributed by atoms with E-state index in [1.54, 1.807) is 7.11 Å². The summed E-state index contributed by atoms with van der Waals surface area (Å²) in [5.41, 5.74) is 3.97. The molecule has 4 aromatic rings. The number of aryl methyl sites for hydroxylation is 1. The number of aromatic amines is 1. The van der Waals surface area contributed by atoms with Crippen molar-refractivity contribution in [3.63, 3.8) is 0 Å². The largest absolute Gasteiger partial charge is 0.497 e. The van der Waals surface area contributed by atoms with Gasteiger partial charge in [-0.2, -0.15) is 0 Å². The monoisotopic (exact) mass is 347 g/mol. The number of aromatic nitrogens is 2. The van der Waals surface area contributed by atoms with Gasteiger partial charge in [-0.25, -0.2) is 0 Å². The fraction of sp³-hybridized carbons (Fsp3) is 0.190. The fourth-order valence-corrected chi connectivity index (χ4v) is 3.31. The van der Waals surface area contributed by atoms with Crippen molar-refractivity contribution in [2.24, 2.45) is 7.05 Å². The van der Waals surface area contributed by atoms with Crippen LogP contribution in [0, 0.1) is 0 Å². The number of carbonyl (C=O) groups excluding carboxylic acids is 1. The van der Waals surface area contributed by atoms with Crippen LogP contribution in [0.15, 0.2) is 54.9 Å². The number of hydrogen-bond acceptors (Lipinski definition) is 2. The highest BCUT2D eigenvalue weighted by atomic mass is 16.5. The molecule has 0 saturated heterocycles. The number of nitrogens with zero attached hydrogens (tertiary/aromatic N) is 1. The van der Waals surface area contributed by atoms with E-state index < -0.39 is 0 Å². The zero-order chi connectivity index (χ0) is 18.1. The first-order valence-electron chi connectivity index (χ1n) is 8.63. The average Bonchev–Trinajstić information content (AvgIpc) is 3.24. The van der Waals surface area contributed by atoms with E-state index >= 15 is 0 Å². The lowest BCUT2D eigenvalue weighted by Crippen LogP contribution is -2.25. The predicted octanol–water partition coefficient (Wildman–Crippen LogP) is 3.64. The van der Waals surface area contributed by atoms with E-state index in [4.69, 9.17) is 4.74 Å². The normalized spacial score (nSPS) is 11.2. The summed E-state index contributed by atoms with van der Waals surface area (Å²) in [5.74, 6) is 0.781. The lowest BCUT2D eigenvalue weighted by Gasteiger charge is -2.06. The summed E-state index contributed by atoms with van der Waals surface area (Å²) >= 11 is 0. The Bertz CT molecular complexity index is 1090. The van der Waals surface area contributed by atoms with Crippen molar-refractivity contribution in [1.82, 2.24) is 14.9 Å². The maximum absolute atomic E-state index is 12.5. The maximum atomic E-state index is 12.5. The van der Waals surface area contributed by atoms with Crippen LogP contribution in [-0.4, -0.2) is 29.1 Å². The van der Waals surface area contributed by atoms with Gasteiger partial charge in [0.2, 0.25) is 0 Å². The first kappa shape index (κ1) is 16.3. The van der Waals surface area contributed by atoms with Crippen LogP contribution in [0.1, 0.15) is 15.9 Å². The molecule has 5 heteroatoms. The van der Waals surface area contributed by atoms with E-state index in [2.05, 4.69) is 10.3 Å². The molecule has 0 aliphatic heterocycles. The lowest BCUT2D eigenvalue weighted by atomic mass is 10.1. The van der Waals surface area contributed by atoms with Crippen LogP contribution >= 0.6 is 0 Å². The molecule has 1 amide bonds. The van der Waals surface area contributed by atoms with Gasteiger partial charge in [0.1, 0.15) is 5.75 Å². The maximum Gasteiger partial charge on any atom is 0.251 e. The fourth-order valence-electron chi connectivity index (χ4n) is 3.31. The summed E-state index contributed by atoms with van der Waals surface area (Å²) in [4.78, 5) is 15.7. The van der Waals surface area contributed by atoms with E-state index in [1.807, 2.05) is 66.5 Å². The quantitative estimate of drug-likeness (QED) is 0.579. The summed E-state index contributed by atoms with van der Waals surface area (Å²) < 4.78 is 7.32. The summed E-state index contributed by atoms with van der Waals surface area (Å²) in [6.07, 6.45) is 4.75. The minimum absolute atomic E-state index is 0.0504. The zero-order valence-corrected chi connectivity index (χ0v) is 14.9. The Balaban J connectivity index is 1.45. The van der Waals surface area contributed by atoms with Gasteiger partial charge in [0, 0.05) is 48.0 Å². The molecule has 0 aliphatic rings. The van der Waals surface area contributed by atoms with Crippen molar-refractivity contribution in [2.75, 3.05) is 13.7 Å². The standard InChI is InChI=1S/C21H21N3O2/c1-24-10-8-14-3-4-15(11-20(14)24)21(25)22-9-7-16-13-23-19-6-5-17(26-2)12-18(16)19/h3-6,8,10-13,23H,7,9H2,1-2H3,(H,22,25). The van der Waals surface area contributed by atoms with Crippen molar-refractivity contribution >= 4 is 27.7 Å². The van der Waals surface area contributed by atoms with Crippen molar-refractivity contribution in [3.8, 4) is 5.75 Å². The Labute approximate surface area is 151 Å². The molecule has 4 rings (SSSR count). The van der Waals surface area contributed by atoms with Gasteiger partial charge in [0.25, 0.3) is 5.91 Å². The number of nitrogens with one attached hydrogen (secondary N) is 2. The Morgan fingerprint density at radius 3 is 2.92 bits per heavy atom. The SMILES string of the molecule is COc1ccc2[nH]cc(CCNC(=O)c3ccc4ccn(C)c4c3)c2c1. The van der Waals surface area contributed by atoms with E-state index in [-0.39, 0.29) is 5.91 Å². The molecule has 0 fully saturated rings. The first-order chi connectivity index (χ1) is 12.7. The number of carbonyl (C=O) groups is 1. The number of ether oxygens (including phenoxy) is 1. The topological polar surface area (TPSA) is 59.0 Å². The molecular weight excluding hydrogens is 326 g/mol. The highest BCUT2D eigenvalue weighted by Gasteiger charge is 2.09. The van der Waals surface area contributed by atoms with Crippen molar-refractivity contribution in [1.29, 1.82) is 0 Å². The molecule has 0 spiro atoms. The zero-order valence-electron chi connectivity index (χ0n) is 14.9. The summed E-state index contributed by atoms with van der Waals surface area (Å²) in [5, 5.41) is 5.28. The van der Waals surface area contributed by atoms with Crippen molar-refractivity contribution < 1.29 is 9.53 Å². The van der Waals surface area contributed by atoms with Crippen LogP contribution in [0.5, 0.6) is 5.75 Å². The Kier molecular flexibility index (Phi) is 4.13. The highest BCUT2D eigenvalue weighted by molar-refractivity contribution is 5.98. The minimum atomic E-state index is -0.0504. The molecule has 0 saturated carbocycles. The first-order valence-corrected chi connectivity index (χ1v) is 8.63. The van der Waals surface area contributed by atoms with Gasteiger partial charge >= 0.3 is 0 Å². The van der Waals surface area contributed by atoms with Gasteiger partial charge in [0.05, 0.1) is 7.11 Å². The van der Waals surface area contributed by atoms with Gasteiger partial charge < -0.3 is 19.6 Å². The molecule has 2 aromatic carbocycles. The Morgan fingerprint density at radius 2 is 2.08 bits per heavy atom. The van der Waals surface area contributed by atoms with Crippen LogP contribution < -0.4 is 10.1 Å². The molecule has 2 heterocycles. The second-order valence-electron chi connectivity index (χ2n) is 6.43.